The number of benzene rings is 7. The summed E-state index contributed by atoms with van der Waals surface area (Å²) in [6, 6.07) is 57.5. The molecular formula is C54H37N3O2. The zero-order valence-electron chi connectivity index (χ0n) is 32.2. The van der Waals surface area contributed by atoms with Gasteiger partial charge in [-0.15, -0.1) is 0 Å². The Kier molecular flexibility index (Phi) is 8.81. The molecule has 0 aromatic heterocycles. The maximum Gasteiger partial charge on any atom is 0.177 e. The standard InChI is InChI=1S/C54H37N3O2/c1-57-48(40-16-11-15-39(32-40)38-14-10-13-35(31-38)34-55)33-47(56)37-27-25-36(26-28-37)43-22-12-24-49-52(43)58-50-30-29-46-51(53(50)59-49)44-21-8-9-23-45(44)54(46,41-17-4-2-5-18-41)42-19-6-3-7-20-42/h2-7,9-20,22-33,56H,1,8,21H2/b48-33-,56-47?. The van der Waals surface area contributed by atoms with Crippen LogP contribution in [0.3, 0.4) is 0 Å². The summed E-state index contributed by atoms with van der Waals surface area (Å²) in [7, 11) is 0. The normalized spacial score (nSPS) is 14.5. The molecular weight excluding hydrogens is 723 g/mol. The minimum Gasteiger partial charge on any atom is -0.449 e. The number of nitrogens with one attached hydrogen (secondary N) is 1. The van der Waals surface area contributed by atoms with Crippen molar-refractivity contribution in [3.63, 3.8) is 0 Å². The van der Waals surface area contributed by atoms with Crippen molar-refractivity contribution < 1.29 is 9.47 Å². The Balaban J connectivity index is 0.972. The van der Waals surface area contributed by atoms with E-state index >= 15 is 0 Å². The predicted molar refractivity (Wildman–Crippen MR) is 237 cm³/mol. The lowest BCUT2D eigenvalue weighted by atomic mass is 9.66. The van der Waals surface area contributed by atoms with Crippen molar-refractivity contribution >= 4 is 23.7 Å². The minimum absolute atomic E-state index is 0.307. The molecule has 5 heteroatoms. The average molecular weight is 760 g/mol. The van der Waals surface area contributed by atoms with Crippen molar-refractivity contribution in [2.24, 2.45) is 4.99 Å². The number of nitrogens with zero attached hydrogens (tertiary/aromatic N) is 2. The molecule has 280 valence electrons. The lowest BCUT2D eigenvalue weighted by Crippen LogP contribution is -2.29. The zero-order chi connectivity index (χ0) is 39.9. The monoisotopic (exact) mass is 759 g/mol. The molecule has 0 radical (unpaired) electrons. The van der Waals surface area contributed by atoms with Crippen LogP contribution >= 0.6 is 0 Å². The van der Waals surface area contributed by atoms with Crippen LogP contribution in [-0.4, -0.2) is 12.4 Å². The first-order valence-corrected chi connectivity index (χ1v) is 19.7. The fourth-order valence-electron chi connectivity index (χ4n) is 8.99. The molecule has 3 aliphatic rings. The summed E-state index contributed by atoms with van der Waals surface area (Å²) in [5.41, 5.74) is 13.7. The first-order valence-electron chi connectivity index (χ1n) is 19.7. The first-order chi connectivity index (χ1) is 29.1. The second-order valence-corrected chi connectivity index (χ2v) is 14.9. The molecule has 1 aliphatic heterocycles. The molecule has 0 amide bonds. The summed E-state index contributed by atoms with van der Waals surface area (Å²) in [5.74, 6) is 2.77. The van der Waals surface area contributed by atoms with Crippen LogP contribution in [0.5, 0.6) is 23.0 Å². The number of allylic oxidation sites excluding steroid dienone is 5. The number of aliphatic imine (C=N–C) groups is 1. The van der Waals surface area contributed by atoms with Gasteiger partial charge in [0.1, 0.15) is 0 Å². The van der Waals surface area contributed by atoms with E-state index in [4.69, 9.17) is 14.9 Å². The summed E-state index contributed by atoms with van der Waals surface area (Å²) >= 11 is 0. The van der Waals surface area contributed by atoms with E-state index in [-0.39, 0.29) is 0 Å². The second-order valence-electron chi connectivity index (χ2n) is 14.9. The van der Waals surface area contributed by atoms with Crippen LogP contribution in [0.2, 0.25) is 0 Å². The van der Waals surface area contributed by atoms with E-state index in [1.807, 2.05) is 84.9 Å². The third-order valence-corrected chi connectivity index (χ3v) is 11.7. The van der Waals surface area contributed by atoms with E-state index in [2.05, 4.69) is 103 Å². The number of fused-ring (bicyclic) bond motifs is 5. The Bertz CT molecular complexity index is 2930. The molecule has 2 aliphatic carbocycles. The molecule has 7 aromatic rings. The van der Waals surface area contributed by atoms with Crippen LogP contribution < -0.4 is 9.47 Å². The number of rotatable bonds is 8. The highest BCUT2D eigenvalue weighted by atomic mass is 16.6. The lowest BCUT2D eigenvalue weighted by Gasteiger charge is -2.35. The van der Waals surface area contributed by atoms with Gasteiger partial charge in [-0.25, -0.2) is 0 Å². The first kappa shape index (κ1) is 35.6. The van der Waals surface area contributed by atoms with E-state index < -0.39 is 5.41 Å². The van der Waals surface area contributed by atoms with Gasteiger partial charge in [0.15, 0.2) is 23.0 Å². The average Bonchev–Trinajstić information content (AvgIpc) is 3.62. The molecule has 1 heterocycles. The van der Waals surface area contributed by atoms with E-state index in [9.17, 15) is 5.26 Å². The van der Waals surface area contributed by atoms with Gasteiger partial charge < -0.3 is 14.9 Å². The molecule has 0 saturated heterocycles. The molecule has 0 unspecified atom stereocenters. The molecule has 1 N–H and O–H groups in total. The molecule has 0 saturated carbocycles. The van der Waals surface area contributed by atoms with E-state index in [0.29, 0.717) is 34.2 Å². The van der Waals surface area contributed by atoms with Gasteiger partial charge in [0.2, 0.25) is 0 Å². The van der Waals surface area contributed by atoms with Crippen LogP contribution in [0, 0.1) is 16.7 Å². The highest BCUT2D eigenvalue weighted by Crippen LogP contribution is 2.62. The van der Waals surface area contributed by atoms with Gasteiger partial charge in [-0.2, -0.15) is 5.26 Å². The van der Waals surface area contributed by atoms with Gasteiger partial charge in [-0.05, 0) is 106 Å². The maximum atomic E-state index is 9.38. The number of para-hydroxylation sites is 1. The Labute approximate surface area is 343 Å². The van der Waals surface area contributed by atoms with Crippen LogP contribution in [-0.2, 0) is 5.41 Å². The summed E-state index contributed by atoms with van der Waals surface area (Å²) in [4.78, 5) is 4.29. The SMILES string of the molecule is C=N/C(=C\C(=N)c1ccc(-c2cccc3c2Oc2ccc4c(c2O3)C2=C(C=CCC2)C4(c2ccccc2)c2ccccc2)cc1)c1cccc(-c2cccc(C#N)c2)c1. The van der Waals surface area contributed by atoms with Crippen LogP contribution in [0.15, 0.2) is 193 Å². The van der Waals surface area contributed by atoms with Crippen molar-refractivity contribution in [3.05, 3.63) is 227 Å². The van der Waals surface area contributed by atoms with Crippen molar-refractivity contribution in [2.75, 3.05) is 0 Å². The van der Waals surface area contributed by atoms with Gasteiger partial charge in [0, 0.05) is 16.7 Å². The Hall–Kier alpha value is -7.81. The van der Waals surface area contributed by atoms with Crippen molar-refractivity contribution in [1.29, 1.82) is 10.7 Å². The smallest absolute Gasteiger partial charge is 0.177 e. The summed E-state index contributed by atoms with van der Waals surface area (Å²) in [6.45, 7) is 3.81. The van der Waals surface area contributed by atoms with E-state index in [0.717, 1.165) is 57.5 Å². The van der Waals surface area contributed by atoms with Gasteiger partial charge in [0.05, 0.1) is 28.5 Å². The lowest BCUT2D eigenvalue weighted by molar-refractivity contribution is 0.359. The fraction of sp³-hybridized carbons (Fsp3) is 0.0556. The number of nitriles is 1. The molecule has 0 fully saturated rings. The van der Waals surface area contributed by atoms with Crippen molar-refractivity contribution in [2.45, 2.75) is 18.3 Å². The molecule has 0 spiro atoms. The molecule has 5 nitrogen and oxygen atoms in total. The second kappa shape index (κ2) is 14.6. The third-order valence-electron chi connectivity index (χ3n) is 11.7. The summed E-state index contributed by atoms with van der Waals surface area (Å²) in [6.07, 6.45) is 8.23. The minimum atomic E-state index is -0.493. The number of hydrogen-bond acceptors (Lipinski definition) is 5. The van der Waals surface area contributed by atoms with Gasteiger partial charge in [-0.1, -0.05) is 146 Å². The Morgan fingerprint density at radius 2 is 1.36 bits per heavy atom. The fourth-order valence-corrected chi connectivity index (χ4v) is 8.99. The molecule has 7 aromatic carbocycles. The van der Waals surface area contributed by atoms with Gasteiger partial charge in [0.25, 0.3) is 0 Å². The molecule has 0 bridgehead atoms. The maximum absolute atomic E-state index is 9.38. The molecule has 59 heavy (non-hydrogen) atoms. The van der Waals surface area contributed by atoms with E-state index in [1.54, 1.807) is 12.1 Å². The largest absolute Gasteiger partial charge is 0.449 e. The summed E-state index contributed by atoms with van der Waals surface area (Å²) < 4.78 is 13.8. The van der Waals surface area contributed by atoms with Crippen LogP contribution in [0.4, 0.5) is 0 Å². The molecule has 0 atom stereocenters. The molecule has 10 rings (SSSR count). The van der Waals surface area contributed by atoms with E-state index in [1.165, 1.54) is 27.8 Å². The topological polar surface area (TPSA) is 78.5 Å². The Morgan fingerprint density at radius 1 is 0.678 bits per heavy atom. The third kappa shape index (κ3) is 5.93. The zero-order valence-corrected chi connectivity index (χ0v) is 32.2. The number of ether oxygens (including phenoxy) is 2. The van der Waals surface area contributed by atoms with Crippen molar-refractivity contribution in [3.8, 4) is 51.3 Å². The highest BCUT2D eigenvalue weighted by Gasteiger charge is 2.49. The van der Waals surface area contributed by atoms with Crippen molar-refractivity contribution in [1.82, 2.24) is 0 Å². The highest BCUT2D eigenvalue weighted by molar-refractivity contribution is 6.10. The predicted octanol–water partition coefficient (Wildman–Crippen LogP) is 13.4. The van der Waals surface area contributed by atoms with Gasteiger partial charge >= 0.3 is 0 Å². The quantitative estimate of drug-likeness (QED) is 0.157. The van der Waals surface area contributed by atoms with Gasteiger partial charge in [-0.3, -0.25) is 4.99 Å². The van der Waals surface area contributed by atoms with Crippen LogP contribution in [0.25, 0.3) is 33.5 Å². The summed E-state index contributed by atoms with van der Waals surface area (Å²) in [5, 5.41) is 18.4. The Morgan fingerprint density at radius 3 is 2.08 bits per heavy atom. The van der Waals surface area contributed by atoms with Crippen LogP contribution in [0.1, 0.15) is 51.8 Å². The number of hydrogen-bond donors (Lipinski definition) is 1.